The van der Waals surface area contributed by atoms with Gasteiger partial charge in [0.25, 0.3) is 0 Å². The molecule has 0 spiro atoms. The molecule has 4 N–H and O–H groups in total. The van der Waals surface area contributed by atoms with Crippen LogP contribution in [0.2, 0.25) is 5.02 Å². The van der Waals surface area contributed by atoms with Gasteiger partial charge in [0.05, 0.1) is 0 Å². The molecule has 6 nitrogen and oxygen atoms in total. The maximum absolute atomic E-state index is 14.3. The second-order valence-electron chi connectivity index (χ2n) is 7.67. The van der Waals surface area contributed by atoms with Crippen molar-refractivity contribution in [1.82, 2.24) is 9.88 Å². The van der Waals surface area contributed by atoms with E-state index in [4.69, 9.17) is 17.3 Å². The van der Waals surface area contributed by atoms with Crippen LogP contribution in [-0.2, 0) is 4.79 Å². The molecule has 34 heavy (non-hydrogen) atoms. The van der Waals surface area contributed by atoms with Gasteiger partial charge in [-0.2, -0.15) is 0 Å². The fraction of sp³-hybridized carbons (Fsp3) is 0.360. The van der Waals surface area contributed by atoms with Gasteiger partial charge in [0.15, 0.2) is 0 Å². The lowest BCUT2D eigenvalue weighted by atomic mass is 10.1. The third-order valence-corrected chi connectivity index (χ3v) is 6.51. The first-order valence-corrected chi connectivity index (χ1v) is 12.8. The van der Waals surface area contributed by atoms with Crippen LogP contribution in [0.4, 0.5) is 15.9 Å². The average molecular weight is 600 g/mol. The quantitative estimate of drug-likeness (QED) is 0.194. The number of allylic oxidation sites excluding steroid dienone is 2. The van der Waals surface area contributed by atoms with Crippen LogP contribution < -0.4 is 16.4 Å². The van der Waals surface area contributed by atoms with Crippen LogP contribution >= 0.6 is 34.2 Å². The van der Waals surface area contributed by atoms with Gasteiger partial charge in [0.1, 0.15) is 11.6 Å². The van der Waals surface area contributed by atoms with Crippen LogP contribution in [0.5, 0.6) is 0 Å². The lowest BCUT2D eigenvalue weighted by Crippen LogP contribution is -2.27. The first-order valence-electron chi connectivity index (χ1n) is 11.3. The number of aromatic nitrogens is 1. The van der Waals surface area contributed by atoms with Crippen molar-refractivity contribution < 1.29 is 9.18 Å². The lowest BCUT2D eigenvalue weighted by Gasteiger charge is -2.17. The highest BCUT2D eigenvalue weighted by Gasteiger charge is 2.11. The van der Waals surface area contributed by atoms with E-state index in [9.17, 15) is 9.18 Å². The molecule has 0 aliphatic carbocycles. The Morgan fingerprint density at radius 1 is 1.18 bits per heavy atom. The zero-order chi connectivity index (χ0) is 25.1. The highest BCUT2D eigenvalue weighted by atomic mass is 127. The van der Waals surface area contributed by atoms with Crippen molar-refractivity contribution in [2.24, 2.45) is 5.73 Å². The van der Waals surface area contributed by atoms with Gasteiger partial charge in [0, 0.05) is 56.5 Å². The summed E-state index contributed by atoms with van der Waals surface area (Å²) in [6, 6.07) is 7.84. The lowest BCUT2D eigenvalue weighted by molar-refractivity contribution is -0.116. The predicted octanol–water partition coefficient (Wildman–Crippen LogP) is 6.40. The molecule has 0 saturated carbocycles. The molecule has 0 aliphatic heterocycles. The molecule has 2 aromatic rings. The number of nitrogens with one attached hydrogen (secondary N) is 2. The number of carbonyl (C=O) groups excluding carboxylic acids is 1. The molecule has 0 aliphatic rings. The Hall–Kier alpha value is -2.17. The third-order valence-electron chi connectivity index (χ3n) is 5.16. The minimum absolute atomic E-state index is 0.0894. The molecule has 1 aromatic carbocycles. The van der Waals surface area contributed by atoms with Crippen LogP contribution in [0.25, 0.3) is 5.70 Å². The summed E-state index contributed by atoms with van der Waals surface area (Å²) in [7, 11) is 0. The second kappa shape index (κ2) is 14.3. The van der Waals surface area contributed by atoms with E-state index in [1.54, 1.807) is 24.4 Å². The van der Waals surface area contributed by atoms with Gasteiger partial charge in [0.2, 0.25) is 5.91 Å². The maximum atomic E-state index is 14.3. The van der Waals surface area contributed by atoms with Gasteiger partial charge in [-0.05, 0) is 72.4 Å². The van der Waals surface area contributed by atoms with Gasteiger partial charge < -0.3 is 21.3 Å². The summed E-state index contributed by atoms with van der Waals surface area (Å²) in [5.74, 6) is -0.0766. The van der Waals surface area contributed by atoms with Gasteiger partial charge in [-0.3, -0.25) is 4.79 Å². The van der Waals surface area contributed by atoms with E-state index >= 15 is 0 Å². The van der Waals surface area contributed by atoms with E-state index in [0.717, 1.165) is 40.9 Å². The molecular formula is C25H32ClFIN5O. The molecular weight excluding hydrogens is 568 g/mol. The van der Waals surface area contributed by atoms with Gasteiger partial charge in [-0.25, -0.2) is 9.37 Å². The summed E-state index contributed by atoms with van der Waals surface area (Å²) in [4.78, 5) is 18.8. The number of halogens is 3. The summed E-state index contributed by atoms with van der Waals surface area (Å²) in [5.41, 5.74) is 8.20. The number of amides is 1. The average Bonchev–Trinajstić information content (AvgIpc) is 2.81. The standard InChI is InChI=1S/C25H32ClFIN5O/c1-4-7-21(28)23(16-22(29)19-14-17(26)8-9-20(19)27)31-18-10-12-30-24(15-18)32-25(34)11-13-33(5-2)6-3/h8-10,12,14-16H,4-7,11,13,29H2,1-3H3,(H2,30,31,32,34)/b22-16-,23-21+. The molecule has 2 rings (SSSR count). The van der Waals surface area contributed by atoms with Crippen LogP contribution in [0.15, 0.2) is 51.9 Å². The summed E-state index contributed by atoms with van der Waals surface area (Å²) in [6.07, 6.45) is 5.48. The van der Waals surface area contributed by atoms with Crippen LogP contribution in [0.3, 0.4) is 0 Å². The topological polar surface area (TPSA) is 83.3 Å². The van der Waals surface area contributed by atoms with E-state index < -0.39 is 5.82 Å². The summed E-state index contributed by atoms with van der Waals surface area (Å²) >= 11 is 8.29. The number of hydrogen-bond donors (Lipinski definition) is 3. The largest absolute Gasteiger partial charge is 0.398 e. The fourth-order valence-corrected chi connectivity index (χ4v) is 4.23. The molecule has 0 atom stereocenters. The number of carbonyl (C=O) groups is 1. The first kappa shape index (κ1) is 28.1. The molecule has 1 heterocycles. The Balaban J connectivity index is 2.22. The smallest absolute Gasteiger partial charge is 0.226 e. The summed E-state index contributed by atoms with van der Waals surface area (Å²) in [6.45, 7) is 8.74. The zero-order valence-electron chi connectivity index (χ0n) is 19.8. The molecule has 1 amide bonds. The molecule has 9 heteroatoms. The van der Waals surface area contributed by atoms with Crippen molar-refractivity contribution in [3.05, 3.63) is 68.3 Å². The van der Waals surface area contributed by atoms with Crippen molar-refractivity contribution in [3.8, 4) is 0 Å². The Kier molecular flexibility index (Phi) is 11.8. The maximum Gasteiger partial charge on any atom is 0.226 e. The molecule has 0 saturated heterocycles. The highest BCUT2D eigenvalue weighted by molar-refractivity contribution is 14.1. The van der Waals surface area contributed by atoms with Crippen LogP contribution in [0.1, 0.15) is 45.6 Å². The van der Waals surface area contributed by atoms with Crippen molar-refractivity contribution in [2.45, 2.75) is 40.0 Å². The number of pyridine rings is 1. The normalized spacial score (nSPS) is 12.5. The third kappa shape index (κ3) is 8.88. The minimum atomic E-state index is -0.443. The SMILES string of the molecule is CCC/C(I)=C(/C=C(\N)c1cc(Cl)ccc1F)Nc1ccnc(NC(=O)CCN(CC)CC)c1. The minimum Gasteiger partial charge on any atom is -0.398 e. The molecule has 184 valence electrons. The molecule has 0 bridgehead atoms. The Morgan fingerprint density at radius 3 is 2.59 bits per heavy atom. The summed E-state index contributed by atoms with van der Waals surface area (Å²) < 4.78 is 15.3. The zero-order valence-corrected chi connectivity index (χ0v) is 22.7. The first-order chi connectivity index (χ1) is 16.3. The Labute approximate surface area is 220 Å². The number of anilines is 2. The molecule has 0 radical (unpaired) electrons. The van der Waals surface area contributed by atoms with Gasteiger partial charge in [-0.1, -0.05) is 38.8 Å². The van der Waals surface area contributed by atoms with Crippen LogP contribution in [-0.4, -0.2) is 35.4 Å². The van der Waals surface area contributed by atoms with Crippen molar-refractivity contribution in [2.75, 3.05) is 30.3 Å². The Morgan fingerprint density at radius 2 is 1.91 bits per heavy atom. The van der Waals surface area contributed by atoms with Gasteiger partial charge in [-0.15, -0.1) is 0 Å². The molecule has 0 unspecified atom stereocenters. The number of hydrogen-bond acceptors (Lipinski definition) is 5. The van der Waals surface area contributed by atoms with E-state index in [2.05, 4.69) is 63.9 Å². The fourth-order valence-electron chi connectivity index (χ4n) is 3.23. The Bertz CT molecular complexity index is 1040. The van der Waals surface area contributed by atoms with Crippen molar-refractivity contribution in [1.29, 1.82) is 0 Å². The van der Waals surface area contributed by atoms with E-state index in [-0.39, 0.29) is 17.2 Å². The van der Waals surface area contributed by atoms with Crippen LogP contribution in [0, 0.1) is 5.82 Å². The van der Waals surface area contributed by atoms with Gasteiger partial charge >= 0.3 is 0 Å². The van der Waals surface area contributed by atoms with Crippen molar-refractivity contribution in [3.63, 3.8) is 0 Å². The highest BCUT2D eigenvalue weighted by Crippen LogP contribution is 2.26. The number of nitrogens with two attached hydrogens (primary N) is 1. The molecule has 1 aromatic heterocycles. The van der Waals surface area contributed by atoms with E-state index in [0.29, 0.717) is 23.8 Å². The van der Waals surface area contributed by atoms with E-state index in [1.807, 2.05) is 0 Å². The molecule has 0 fully saturated rings. The predicted molar refractivity (Wildman–Crippen MR) is 148 cm³/mol. The van der Waals surface area contributed by atoms with Crippen molar-refractivity contribution >= 4 is 57.3 Å². The second-order valence-corrected chi connectivity index (χ2v) is 9.41. The number of benzene rings is 1. The number of rotatable bonds is 12. The number of nitrogens with zero attached hydrogens (tertiary/aromatic N) is 2. The summed E-state index contributed by atoms with van der Waals surface area (Å²) in [5, 5.41) is 6.60. The van der Waals surface area contributed by atoms with E-state index in [1.165, 1.54) is 18.2 Å². The monoisotopic (exact) mass is 599 g/mol.